The van der Waals surface area contributed by atoms with Gasteiger partial charge in [-0.15, -0.1) is 0 Å². The van der Waals surface area contributed by atoms with Crippen molar-refractivity contribution in [2.45, 2.75) is 85.1 Å². The van der Waals surface area contributed by atoms with Crippen molar-refractivity contribution in [2.24, 2.45) is 5.92 Å². The number of halogens is 1. The molecule has 2 aliphatic heterocycles. The summed E-state index contributed by atoms with van der Waals surface area (Å²) < 4.78 is 27.6. The Morgan fingerprint density at radius 2 is 1.78 bits per heavy atom. The number of benzene rings is 1. The second-order valence-electron chi connectivity index (χ2n) is 11.8. The number of pyridine rings is 1. The molecule has 1 atom stereocenters. The number of imidazole rings is 1. The summed E-state index contributed by atoms with van der Waals surface area (Å²) in [5, 5.41) is 0. The van der Waals surface area contributed by atoms with Crippen LogP contribution in [0.15, 0.2) is 30.5 Å². The second-order valence-corrected chi connectivity index (χ2v) is 11.8. The maximum absolute atomic E-state index is 14.6. The number of piperidine rings is 1. The smallest absolute Gasteiger partial charge is 0.310 e. The Labute approximate surface area is 240 Å². The highest BCUT2D eigenvalue weighted by Gasteiger charge is 2.44. The summed E-state index contributed by atoms with van der Waals surface area (Å²) in [6, 6.07) is 7.13. The molecule has 10 heteroatoms. The number of esters is 1. The van der Waals surface area contributed by atoms with Crippen molar-refractivity contribution in [2.75, 3.05) is 24.5 Å². The van der Waals surface area contributed by atoms with Crippen LogP contribution in [-0.2, 0) is 21.8 Å². The molecule has 2 saturated heterocycles. The third-order valence-corrected chi connectivity index (χ3v) is 8.01. The highest BCUT2D eigenvalue weighted by Crippen LogP contribution is 2.41. The minimum atomic E-state index is -0.853. The van der Waals surface area contributed by atoms with Gasteiger partial charge in [0.15, 0.2) is 12.4 Å². The molecule has 0 aliphatic carbocycles. The third-order valence-electron chi connectivity index (χ3n) is 8.01. The zero-order valence-electron chi connectivity index (χ0n) is 24.7. The molecule has 220 valence electrons. The number of anilines is 1. The lowest BCUT2D eigenvalue weighted by atomic mass is 9.86. The zero-order chi connectivity index (χ0) is 29.3. The van der Waals surface area contributed by atoms with Crippen LogP contribution in [-0.4, -0.2) is 57.0 Å². The van der Waals surface area contributed by atoms with Crippen molar-refractivity contribution < 1.29 is 23.5 Å². The normalized spacial score (nSPS) is 19.4. The topological polar surface area (TPSA) is 89.8 Å². The van der Waals surface area contributed by atoms with E-state index in [2.05, 4.69) is 9.88 Å². The van der Waals surface area contributed by atoms with Gasteiger partial charge in [0, 0.05) is 31.4 Å². The molecule has 9 nitrogen and oxygen atoms in total. The minimum absolute atomic E-state index is 0.0304. The van der Waals surface area contributed by atoms with Crippen molar-refractivity contribution in [3.8, 4) is 5.75 Å². The number of aromatic nitrogens is 3. The fourth-order valence-electron chi connectivity index (χ4n) is 5.91. The predicted molar refractivity (Wildman–Crippen MR) is 154 cm³/mol. The number of nitrogens with zero attached hydrogens (tertiary/aromatic N) is 5. The fraction of sp³-hybridized carbons (Fsp3) is 0.548. The Bertz CT molecular complexity index is 1430. The summed E-state index contributed by atoms with van der Waals surface area (Å²) in [4.78, 5) is 40.2. The molecule has 0 saturated carbocycles. The predicted octanol–water partition coefficient (Wildman–Crippen LogP) is 5.66. The first-order valence-electron chi connectivity index (χ1n) is 14.6. The van der Waals surface area contributed by atoms with Crippen molar-refractivity contribution in [1.82, 2.24) is 19.4 Å². The van der Waals surface area contributed by atoms with E-state index in [1.54, 1.807) is 18.4 Å². The Hall–Kier alpha value is -3.69. The number of ether oxygens (including phenoxy) is 2. The average Bonchev–Trinajstić information content (AvgIpc) is 3.60. The van der Waals surface area contributed by atoms with Crippen LogP contribution >= 0.6 is 0 Å². The van der Waals surface area contributed by atoms with Crippen molar-refractivity contribution in [1.29, 1.82) is 0 Å². The Morgan fingerprint density at radius 3 is 2.49 bits per heavy atom. The van der Waals surface area contributed by atoms with Crippen molar-refractivity contribution in [3.63, 3.8) is 0 Å². The number of rotatable bonds is 8. The van der Waals surface area contributed by atoms with Crippen LogP contribution < -0.4 is 9.64 Å². The molecule has 0 unspecified atom stereocenters. The fourth-order valence-corrected chi connectivity index (χ4v) is 5.91. The van der Waals surface area contributed by atoms with Crippen LogP contribution in [0.5, 0.6) is 5.75 Å². The van der Waals surface area contributed by atoms with Gasteiger partial charge in [0.2, 0.25) is 0 Å². The Balaban J connectivity index is 1.60. The molecule has 0 N–H and O–H groups in total. The summed E-state index contributed by atoms with van der Waals surface area (Å²) >= 11 is 0. The number of hydrogen-bond acceptors (Lipinski definition) is 7. The van der Waals surface area contributed by atoms with E-state index >= 15 is 0 Å². The van der Waals surface area contributed by atoms with Gasteiger partial charge in [-0.25, -0.2) is 14.4 Å². The zero-order valence-corrected chi connectivity index (χ0v) is 24.7. The highest BCUT2D eigenvalue weighted by molar-refractivity contribution is 6.01. The first kappa shape index (κ1) is 28.8. The monoisotopic (exact) mass is 565 g/mol. The number of likely N-dealkylation sites (tertiary alicyclic amines) is 1. The van der Waals surface area contributed by atoms with Crippen LogP contribution in [0.25, 0.3) is 11.2 Å². The van der Waals surface area contributed by atoms with Crippen LogP contribution in [0.2, 0.25) is 0 Å². The maximum atomic E-state index is 14.6. The average molecular weight is 566 g/mol. The molecule has 2 aliphatic rings. The highest BCUT2D eigenvalue weighted by atomic mass is 19.1. The molecule has 5 rings (SSSR count). The van der Waals surface area contributed by atoms with Gasteiger partial charge in [0.25, 0.3) is 5.91 Å². The van der Waals surface area contributed by atoms with Gasteiger partial charge in [-0.3, -0.25) is 14.2 Å². The molecule has 0 bridgehead atoms. The molecular formula is C31H40FN5O4. The lowest BCUT2D eigenvalue weighted by Gasteiger charge is -2.44. The molecule has 2 aromatic heterocycles. The van der Waals surface area contributed by atoms with Gasteiger partial charge in [0.1, 0.15) is 17.4 Å². The second kappa shape index (κ2) is 11.7. The first-order valence-corrected chi connectivity index (χ1v) is 14.6. The minimum Gasteiger partial charge on any atom is -0.491 e. The van der Waals surface area contributed by atoms with Crippen LogP contribution in [0.1, 0.15) is 82.9 Å². The van der Waals surface area contributed by atoms with E-state index in [1.807, 2.05) is 43.9 Å². The first-order chi connectivity index (χ1) is 19.6. The maximum Gasteiger partial charge on any atom is 0.310 e. The largest absolute Gasteiger partial charge is 0.491 e. The third kappa shape index (κ3) is 5.74. The SMILES string of the molecule is CC(C)Oc1ccc(N2CCCC2)c(C(=O)N2CCCC[C@@]2(C)c2nc3ncc(F)cc3n2COC(=O)C(C)C)c1. The number of hydrogen-bond donors (Lipinski definition) is 0. The van der Waals surface area contributed by atoms with E-state index in [0.717, 1.165) is 50.7 Å². The van der Waals surface area contributed by atoms with E-state index in [-0.39, 0.29) is 30.6 Å². The summed E-state index contributed by atoms with van der Waals surface area (Å²) in [7, 11) is 0. The van der Waals surface area contributed by atoms with Crippen molar-refractivity contribution >= 4 is 28.7 Å². The van der Waals surface area contributed by atoms with Crippen LogP contribution in [0, 0.1) is 11.7 Å². The van der Waals surface area contributed by atoms with Gasteiger partial charge in [-0.1, -0.05) is 13.8 Å². The summed E-state index contributed by atoms with van der Waals surface area (Å²) in [5.74, 6) is -0.151. The summed E-state index contributed by atoms with van der Waals surface area (Å²) in [5.41, 5.74) is 1.40. The number of carbonyl (C=O) groups excluding carboxylic acids is 2. The van der Waals surface area contributed by atoms with Gasteiger partial charge in [-0.05, 0) is 71.1 Å². The lowest BCUT2D eigenvalue weighted by molar-refractivity contribution is -0.151. The number of fused-ring (bicyclic) bond motifs is 1. The van der Waals surface area contributed by atoms with E-state index in [1.165, 1.54) is 6.07 Å². The van der Waals surface area contributed by atoms with E-state index in [9.17, 15) is 14.0 Å². The number of amides is 1. The molecule has 2 fully saturated rings. The molecule has 0 spiro atoms. The molecule has 41 heavy (non-hydrogen) atoms. The molecular weight excluding hydrogens is 525 g/mol. The quantitative estimate of drug-likeness (QED) is 0.326. The van der Waals surface area contributed by atoms with Crippen LogP contribution in [0.4, 0.5) is 10.1 Å². The number of carbonyl (C=O) groups is 2. The molecule has 1 amide bonds. The van der Waals surface area contributed by atoms with E-state index in [0.29, 0.717) is 41.3 Å². The standard InChI is InChI=1S/C31H40FN5O4/c1-20(2)29(39)40-19-36-26-16-22(32)18-33-27(26)34-30(36)31(5)12-6-7-15-37(31)28(38)24-17-23(41-21(3)4)10-11-25(24)35-13-8-9-14-35/h10-11,16-18,20-21H,6-9,12-15,19H2,1-5H3/t31-/m0/s1. The van der Waals surface area contributed by atoms with E-state index in [4.69, 9.17) is 14.5 Å². The van der Waals surface area contributed by atoms with Gasteiger partial charge in [0.05, 0.1) is 34.8 Å². The molecule has 4 heterocycles. The Morgan fingerprint density at radius 1 is 1.05 bits per heavy atom. The molecule has 3 aromatic rings. The van der Waals surface area contributed by atoms with Gasteiger partial charge >= 0.3 is 5.97 Å². The summed E-state index contributed by atoms with van der Waals surface area (Å²) in [6.07, 6.45) is 5.63. The van der Waals surface area contributed by atoms with E-state index < -0.39 is 11.4 Å². The van der Waals surface area contributed by atoms with Crippen LogP contribution in [0.3, 0.4) is 0 Å². The summed E-state index contributed by atoms with van der Waals surface area (Å²) in [6.45, 7) is 11.6. The molecule has 1 aromatic carbocycles. The van der Waals surface area contributed by atoms with Gasteiger partial charge < -0.3 is 19.3 Å². The van der Waals surface area contributed by atoms with Gasteiger partial charge in [-0.2, -0.15) is 0 Å². The van der Waals surface area contributed by atoms with Crippen molar-refractivity contribution in [3.05, 3.63) is 47.7 Å². The lowest BCUT2D eigenvalue weighted by Crippen LogP contribution is -2.52. The Kier molecular flexibility index (Phi) is 8.20. The molecule has 0 radical (unpaired) electrons.